The fraction of sp³-hybridized carbons (Fsp3) is 0.611. The minimum absolute atomic E-state index is 0.0442. The van der Waals surface area contributed by atoms with Crippen molar-refractivity contribution in [3.63, 3.8) is 0 Å². The number of guanidine groups is 1. The molecule has 132 valence electrons. The Bertz CT molecular complexity index is 636. The number of hydrogen-bond donors (Lipinski definition) is 2. The summed E-state index contributed by atoms with van der Waals surface area (Å²) in [5, 5.41) is 6.11. The number of rotatable bonds is 4. The van der Waals surface area contributed by atoms with E-state index in [1.54, 1.807) is 13.1 Å². The summed E-state index contributed by atoms with van der Waals surface area (Å²) in [6.45, 7) is 12.4. The molecule has 0 radical (unpaired) electrons. The van der Waals surface area contributed by atoms with Crippen molar-refractivity contribution in [2.75, 3.05) is 25.5 Å². The van der Waals surface area contributed by atoms with Gasteiger partial charge < -0.3 is 15.5 Å². The first-order valence-electron chi connectivity index (χ1n) is 8.39. The van der Waals surface area contributed by atoms with Crippen molar-refractivity contribution in [2.45, 2.75) is 46.6 Å². The number of aryl methyl sites for hydroxylation is 1. The van der Waals surface area contributed by atoms with Crippen LogP contribution in [-0.4, -0.2) is 47.4 Å². The molecule has 0 spiro atoms. The zero-order chi connectivity index (χ0) is 18.0. The average Bonchev–Trinajstić information content (AvgIpc) is 2.50. The van der Waals surface area contributed by atoms with E-state index >= 15 is 0 Å². The molecule has 1 saturated heterocycles. The van der Waals surface area contributed by atoms with E-state index in [2.05, 4.69) is 53.2 Å². The van der Waals surface area contributed by atoms with Crippen LogP contribution in [0.2, 0.25) is 0 Å². The fourth-order valence-electron chi connectivity index (χ4n) is 2.80. The number of anilines is 1. The van der Waals surface area contributed by atoms with Crippen LogP contribution in [-0.2, 0) is 4.79 Å². The fourth-order valence-corrected chi connectivity index (χ4v) is 2.80. The van der Waals surface area contributed by atoms with E-state index in [0.717, 1.165) is 18.2 Å². The maximum atomic E-state index is 12.0. The van der Waals surface area contributed by atoms with Crippen LogP contribution in [0.3, 0.4) is 0 Å². The molecule has 1 aromatic rings. The summed E-state index contributed by atoms with van der Waals surface area (Å²) < 4.78 is 0. The van der Waals surface area contributed by atoms with Gasteiger partial charge in [-0.3, -0.25) is 9.79 Å². The van der Waals surface area contributed by atoms with E-state index in [0.29, 0.717) is 18.8 Å². The van der Waals surface area contributed by atoms with E-state index in [1.165, 1.54) is 0 Å². The van der Waals surface area contributed by atoms with E-state index in [1.807, 2.05) is 19.1 Å². The third-order valence-corrected chi connectivity index (χ3v) is 5.14. The van der Waals surface area contributed by atoms with Crippen molar-refractivity contribution < 1.29 is 4.79 Å². The van der Waals surface area contributed by atoms with Gasteiger partial charge in [-0.05, 0) is 32.9 Å². The van der Waals surface area contributed by atoms with Gasteiger partial charge >= 0.3 is 0 Å². The maximum absolute atomic E-state index is 12.0. The lowest BCUT2D eigenvalue weighted by molar-refractivity contribution is -0.116. The van der Waals surface area contributed by atoms with Gasteiger partial charge in [0, 0.05) is 43.2 Å². The minimum Gasteiger partial charge on any atom is -0.356 e. The van der Waals surface area contributed by atoms with Crippen LogP contribution in [0.15, 0.2) is 23.2 Å². The number of hydrogen-bond acceptors (Lipinski definition) is 3. The highest BCUT2D eigenvalue weighted by Crippen LogP contribution is 2.46. The van der Waals surface area contributed by atoms with E-state index < -0.39 is 0 Å². The molecular weight excluding hydrogens is 302 g/mol. The average molecular weight is 331 g/mol. The first-order valence-corrected chi connectivity index (χ1v) is 8.39. The van der Waals surface area contributed by atoms with Gasteiger partial charge in [0.15, 0.2) is 5.96 Å². The highest BCUT2D eigenvalue weighted by molar-refractivity contribution is 5.90. The molecule has 1 aliphatic heterocycles. The number of likely N-dealkylation sites (tertiary alicyclic amines) is 1. The van der Waals surface area contributed by atoms with Crippen molar-refractivity contribution >= 4 is 17.7 Å². The molecule has 0 aliphatic carbocycles. The van der Waals surface area contributed by atoms with Gasteiger partial charge in [-0.2, -0.15) is 0 Å². The van der Waals surface area contributed by atoms with Crippen LogP contribution < -0.4 is 10.6 Å². The number of pyridine rings is 1. The van der Waals surface area contributed by atoms with Gasteiger partial charge in [0.25, 0.3) is 0 Å². The number of amides is 1. The quantitative estimate of drug-likeness (QED) is 0.657. The molecular formula is C18H29N5O. The predicted octanol–water partition coefficient (Wildman–Crippen LogP) is 2.41. The Morgan fingerprint density at radius 3 is 2.58 bits per heavy atom. The van der Waals surface area contributed by atoms with Crippen molar-refractivity contribution in [3.05, 3.63) is 23.9 Å². The lowest BCUT2D eigenvalue weighted by Gasteiger charge is -2.62. The largest absolute Gasteiger partial charge is 0.356 e. The van der Waals surface area contributed by atoms with Crippen LogP contribution in [0, 0.1) is 12.3 Å². The van der Waals surface area contributed by atoms with Crippen molar-refractivity contribution in [1.29, 1.82) is 0 Å². The smallest absolute Gasteiger partial charge is 0.227 e. The summed E-state index contributed by atoms with van der Waals surface area (Å²) in [6.07, 6.45) is 0.367. The normalized spacial score (nSPS) is 18.8. The zero-order valence-electron chi connectivity index (χ0n) is 15.6. The molecule has 1 amide bonds. The van der Waals surface area contributed by atoms with Crippen LogP contribution in [0.25, 0.3) is 0 Å². The van der Waals surface area contributed by atoms with Gasteiger partial charge in [0.05, 0.1) is 0 Å². The first kappa shape index (κ1) is 18.2. The van der Waals surface area contributed by atoms with Gasteiger partial charge in [-0.15, -0.1) is 0 Å². The Labute approximate surface area is 144 Å². The van der Waals surface area contributed by atoms with Gasteiger partial charge in [-0.25, -0.2) is 4.98 Å². The van der Waals surface area contributed by atoms with Gasteiger partial charge in [0.1, 0.15) is 5.82 Å². The number of aromatic nitrogens is 1. The van der Waals surface area contributed by atoms with Gasteiger partial charge in [0.2, 0.25) is 5.91 Å². The summed E-state index contributed by atoms with van der Waals surface area (Å²) in [7, 11) is 1.78. The third-order valence-electron chi connectivity index (χ3n) is 5.14. The number of carbonyl (C=O) groups is 1. The molecule has 1 aliphatic rings. The standard InChI is InChI=1S/C18H29N5O/c1-13-8-7-9-14(21-13)22-15(24)10-11-20-16(19-6)23-12-17(2,3)18(23,4)5/h7-9H,10-12H2,1-6H3,(H,19,20)(H,21,22,24). The summed E-state index contributed by atoms with van der Waals surface area (Å²) in [6, 6.07) is 5.57. The molecule has 0 atom stereocenters. The molecule has 0 saturated carbocycles. The third kappa shape index (κ3) is 3.68. The second-order valence-electron chi connectivity index (χ2n) is 7.47. The molecule has 2 N–H and O–H groups in total. The molecule has 2 heterocycles. The predicted molar refractivity (Wildman–Crippen MR) is 98.1 cm³/mol. The molecule has 1 aromatic heterocycles. The molecule has 0 aromatic carbocycles. The Morgan fingerprint density at radius 1 is 1.33 bits per heavy atom. The topological polar surface area (TPSA) is 69.6 Å². The number of nitrogens with zero attached hydrogens (tertiary/aromatic N) is 3. The zero-order valence-corrected chi connectivity index (χ0v) is 15.6. The monoisotopic (exact) mass is 331 g/mol. The van der Waals surface area contributed by atoms with Crippen LogP contribution >= 0.6 is 0 Å². The van der Waals surface area contributed by atoms with E-state index in [9.17, 15) is 4.79 Å². The Kier molecular flexibility index (Phi) is 5.16. The lowest BCUT2D eigenvalue weighted by atomic mass is 9.65. The minimum atomic E-state index is -0.0562. The van der Waals surface area contributed by atoms with Crippen molar-refractivity contribution in [1.82, 2.24) is 15.2 Å². The summed E-state index contributed by atoms with van der Waals surface area (Å²) in [5.74, 6) is 1.38. The second kappa shape index (κ2) is 6.79. The Morgan fingerprint density at radius 2 is 2.04 bits per heavy atom. The SMILES string of the molecule is CN=C(NCCC(=O)Nc1cccc(C)n1)N1CC(C)(C)C1(C)C. The summed E-state index contributed by atoms with van der Waals surface area (Å²) in [5.41, 5.74) is 1.18. The highest BCUT2D eigenvalue weighted by atomic mass is 16.1. The van der Waals surface area contributed by atoms with Crippen LogP contribution in [0.5, 0.6) is 0 Å². The first-order chi connectivity index (χ1) is 11.2. The Hall–Kier alpha value is -2.11. The summed E-state index contributed by atoms with van der Waals surface area (Å²) in [4.78, 5) is 22.9. The number of carbonyl (C=O) groups excluding carboxylic acids is 1. The molecule has 0 unspecified atom stereocenters. The molecule has 6 heteroatoms. The Balaban J connectivity index is 1.82. The maximum Gasteiger partial charge on any atom is 0.227 e. The van der Waals surface area contributed by atoms with Crippen LogP contribution in [0.1, 0.15) is 39.8 Å². The highest BCUT2D eigenvalue weighted by Gasteiger charge is 2.53. The number of nitrogens with one attached hydrogen (secondary N) is 2. The summed E-state index contributed by atoms with van der Waals surface area (Å²) >= 11 is 0. The number of aliphatic imine (C=N–C) groups is 1. The van der Waals surface area contributed by atoms with Crippen molar-refractivity contribution in [3.8, 4) is 0 Å². The molecule has 0 bridgehead atoms. The molecule has 24 heavy (non-hydrogen) atoms. The van der Waals surface area contributed by atoms with E-state index in [4.69, 9.17) is 0 Å². The van der Waals surface area contributed by atoms with Crippen LogP contribution in [0.4, 0.5) is 5.82 Å². The lowest BCUT2D eigenvalue weighted by Crippen LogP contribution is -2.72. The van der Waals surface area contributed by atoms with Crippen molar-refractivity contribution in [2.24, 2.45) is 10.4 Å². The second-order valence-corrected chi connectivity index (χ2v) is 7.47. The molecule has 1 fully saturated rings. The molecule has 2 rings (SSSR count). The van der Waals surface area contributed by atoms with E-state index in [-0.39, 0.29) is 16.9 Å². The molecule has 6 nitrogen and oxygen atoms in total. The van der Waals surface area contributed by atoms with Gasteiger partial charge in [-0.1, -0.05) is 19.9 Å².